The van der Waals surface area contributed by atoms with E-state index in [1.807, 2.05) is 30.3 Å². The van der Waals surface area contributed by atoms with E-state index in [1.54, 1.807) is 13.0 Å². The topological polar surface area (TPSA) is 90.1 Å². The van der Waals surface area contributed by atoms with E-state index >= 15 is 0 Å². The number of anilines is 2. The molecule has 1 aromatic heterocycles. The van der Waals surface area contributed by atoms with Crippen molar-refractivity contribution in [2.45, 2.75) is 13.0 Å². The summed E-state index contributed by atoms with van der Waals surface area (Å²) in [5.74, 6) is 0.946. The molecule has 6 nitrogen and oxygen atoms in total. The van der Waals surface area contributed by atoms with Gasteiger partial charge < -0.3 is 15.8 Å². The number of aromatic nitrogens is 2. The van der Waals surface area contributed by atoms with E-state index < -0.39 is 6.04 Å². The number of nitrogen functional groups attached to an aromatic ring is 1. The van der Waals surface area contributed by atoms with Gasteiger partial charge >= 0.3 is 5.97 Å². The number of rotatable bonds is 4. The summed E-state index contributed by atoms with van der Waals surface area (Å²) in [7, 11) is 1.34. The molecule has 0 saturated carbocycles. The van der Waals surface area contributed by atoms with E-state index in [-0.39, 0.29) is 5.97 Å². The average molecular weight is 272 g/mol. The summed E-state index contributed by atoms with van der Waals surface area (Å²) in [4.78, 5) is 19.9. The summed E-state index contributed by atoms with van der Waals surface area (Å²) >= 11 is 0. The van der Waals surface area contributed by atoms with Gasteiger partial charge in [0.25, 0.3) is 0 Å². The third kappa shape index (κ3) is 3.23. The number of ether oxygens (including phenoxy) is 1. The fourth-order valence-electron chi connectivity index (χ4n) is 1.71. The standard InChI is InChI=1S/C14H16N4O2/c1-9(14(19)20-2)16-12-8-11(15)17-13(18-12)10-6-4-3-5-7-10/h3-9H,1-2H3,(H3,15,16,17,18). The molecule has 0 radical (unpaired) electrons. The van der Waals surface area contributed by atoms with Crippen LogP contribution >= 0.6 is 0 Å². The zero-order valence-electron chi connectivity index (χ0n) is 11.3. The second kappa shape index (κ2) is 6.01. The van der Waals surface area contributed by atoms with Crippen LogP contribution in [0.1, 0.15) is 6.92 Å². The second-order valence-electron chi connectivity index (χ2n) is 4.26. The van der Waals surface area contributed by atoms with Crippen LogP contribution in [0.5, 0.6) is 0 Å². The Morgan fingerprint density at radius 1 is 1.30 bits per heavy atom. The maximum absolute atomic E-state index is 11.4. The first-order valence-corrected chi connectivity index (χ1v) is 6.14. The Kier molecular flexibility index (Phi) is 4.14. The molecule has 3 N–H and O–H groups in total. The quantitative estimate of drug-likeness (QED) is 0.823. The zero-order valence-corrected chi connectivity index (χ0v) is 11.3. The normalized spacial score (nSPS) is 11.7. The number of hydrogen-bond acceptors (Lipinski definition) is 6. The van der Waals surface area contributed by atoms with Crippen molar-refractivity contribution in [3.05, 3.63) is 36.4 Å². The number of nitrogens with one attached hydrogen (secondary N) is 1. The maximum atomic E-state index is 11.4. The molecule has 0 fully saturated rings. The fourth-order valence-corrected chi connectivity index (χ4v) is 1.71. The van der Waals surface area contributed by atoms with E-state index in [4.69, 9.17) is 5.73 Å². The molecule has 0 aliphatic rings. The molecular weight excluding hydrogens is 256 g/mol. The third-order valence-corrected chi connectivity index (χ3v) is 2.70. The Morgan fingerprint density at radius 2 is 2.00 bits per heavy atom. The summed E-state index contributed by atoms with van der Waals surface area (Å²) in [6, 6.07) is 10.5. The molecule has 1 atom stereocenters. The second-order valence-corrected chi connectivity index (χ2v) is 4.26. The molecule has 0 amide bonds. The highest BCUT2D eigenvalue weighted by Crippen LogP contribution is 2.19. The molecule has 1 unspecified atom stereocenters. The van der Waals surface area contributed by atoms with Gasteiger partial charge in [-0.3, -0.25) is 0 Å². The van der Waals surface area contributed by atoms with Crippen LogP contribution in [0, 0.1) is 0 Å². The minimum Gasteiger partial charge on any atom is -0.467 e. The SMILES string of the molecule is COC(=O)C(C)Nc1cc(N)nc(-c2ccccc2)n1. The fraction of sp³-hybridized carbons (Fsp3) is 0.214. The average Bonchev–Trinajstić information content (AvgIpc) is 2.46. The molecule has 20 heavy (non-hydrogen) atoms. The number of benzene rings is 1. The predicted molar refractivity (Wildman–Crippen MR) is 77.0 cm³/mol. The van der Waals surface area contributed by atoms with Crippen LogP contribution in [0.15, 0.2) is 36.4 Å². The summed E-state index contributed by atoms with van der Waals surface area (Å²) in [6.45, 7) is 1.69. The highest BCUT2D eigenvalue weighted by atomic mass is 16.5. The summed E-state index contributed by atoms with van der Waals surface area (Å²) in [5.41, 5.74) is 6.63. The van der Waals surface area contributed by atoms with E-state index in [2.05, 4.69) is 20.0 Å². The van der Waals surface area contributed by atoms with Gasteiger partial charge in [0.2, 0.25) is 0 Å². The Bertz CT molecular complexity index is 601. The van der Waals surface area contributed by atoms with Gasteiger partial charge in [0.1, 0.15) is 17.7 Å². The number of methoxy groups -OCH3 is 1. The van der Waals surface area contributed by atoms with Crippen molar-refractivity contribution in [2.75, 3.05) is 18.2 Å². The Hall–Kier alpha value is -2.63. The third-order valence-electron chi connectivity index (χ3n) is 2.70. The van der Waals surface area contributed by atoms with Gasteiger partial charge in [0.15, 0.2) is 5.82 Å². The number of nitrogens with two attached hydrogens (primary N) is 1. The van der Waals surface area contributed by atoms with Gasteiger partial charge in [0, 0.05) is 11.6 Å². The van der Waals surface area contributed by atoms with Gasteiger partial charge in [0.05, 0.1) is 7.11 Å². The molecule has 0 bridgehead atoms. The lowest BCUT2D eigenvalue weighted by atomic mass is 10.2. The van der Waals surface area contributed by atoms with Crippen LogP contribution < -0.4 is 11.1 Å². The number of carbonyl (C=O) groups excluding carboxylic acids is 1. The lowest BCUT2D eigenvalue weighted by Crippen LogP contribution is -2.27. The monoisotopic (exact) mass is 272 g/mol. The Labute approximate surface area is 117 Å². The smallest absolute Gasteiger partial charge is 0.328 e. The molecule has 104 valence electrons. The van der Waals surface area contributed by atoms with Gasteiger partial charge in [-0.05, 0) is 6.92 Å². The Morgan fingerprint density at radius 3 is 2.65 bits per heavy atom. The molecule has 1 heterocycles. The lowest BCUT2D eigenvalue weighted by Gasteiger charge is -2.13. The number of nitrogens with zero attached hydrogens (tertiary/aromatic N) is 2. The largest absolute Gasteiger partial charge is 0.467 e. The molecule has 2 aromatic rings. The first kappa shape index (κ1) is 13.8. The van der Waals surface area contributed by atoms with E-state index in [1.165, 1.54) is 7.11 Å². The number of carbonyl (C=O) groups is 1. The molecule has 0 saturated heterocycles. The first-order chi connectivity index (χ1) is 9.60. The summed E-state index contributed by atoms with van der Waals surface area (Å²) in [5, 5.41) is 2.94. The molecular formula is C14H16N4O2. The van der Waals surface area contributed by atoms with Crippen molar-refractivity contribution < 1.29 is 9.53 Å². The van der Waals surface area contributed by atoms with Gasteiger partial charge in [-0.1, -0.05) is 30.3 Å². The zero-order chi connectivity index (χ0) is 14.5. The highest BCUT2D eigenvalue weighted by Gasteiger charge is 2.14. The predicted octanol–water partition coefficient (Wildman–Crippen LogP) is 1.70. The van der Waals surface area contributed by atoms with Crippen LogP contribution in [-0.2, 0) is 9.53 Å². The van der Waals surface area contributed by atoms with E-state index in [9.17, 15) is 4.79 Å². The van der Waals surface area contributed by atoms with Gasteiger partial charge in [-0.15, -0.1) is 0 Å². The first-order valence-electron chi connectivity index (χ1n) is 6.14. The van der Waals surface area contributed by atoms with Gasteiger partial charge in [-0.25, -0.2) is 14.8 Å². The van der Waals surface area contributed by atoms with Crippen LogP contribution in [0.4, 0.5) is 11.6 Å². The minimum absolute atomic E-state index is 0.332. The summed E-state index contributed by atoms with van der Waals surface area (Å²) in [6.07, 6.45) is 0. The Balaban J connectivity index is 2.28. The van der Waals surface area contributed by atoms with Gasteiger partial charge in [-0.2, -0.15) is 0 Å². The molecule has 0 aliphatic carbocycles. The van der Waals surface area contributed by atoms with Crippen molar-refractivity contribution in [3.8, 4) is 11.4 Å². The molecule has 0 aliphatic heterocycles. The lowest BCUT2D eigenvalue weighted by molar-refractivity contribution is -0.141. The summed E-state index contributed by atoms with van der Waals surface area (Å²) < 4.78 is 4.65. The number of hydrogen-bond donors (Lipinski definition) is 2. The van der Waals surface area contributed by atoms with Crippen LogP contribution in [0.3, 0.4) is 0 Å². The van der Waals surface area contributed by atoms with Crippen molar-refractivity contribution in [1.29, 1.82) is 0 Å². The van der Waals surface area contributed by atoms with E-state index in [0.717, 1.165) is 5.56 Å². The van der Waals surface area contributed by atoms with Crippen LogP contribution in [0.2, 0.25) is 0 Å². The van der Waals surface area contributed by atoms with Crippen molar-refractivity contribution in [1.82, 2.24) is 9.97 Å². The van der Waals surface area contributed by atoms with Crippen molar-refractivity contribution in [3.63, 3.8) is 0 Å². The van der Waals surface area contributed by atoms with E-state index in [0.29, 0.717) is 17.5 Å². The van der Waals surface area contributed by atoms with Crippen LogP contribution in [-0.4, -0.2) is 29.1 Å². The van der Waals surface area contributed by atoms with Crippen molar-refractivity contribution in [2.24, 2.45) is 0 Å². The molecule has 2 rings (SSSR count). The van der Waals surface area contributed by atoms with Crippen LogP contribution in [0.25, 0.3) is 11.4 Å². The van der Waals surface area contributed by atoms with Crippen molar-refractivity contribution >= 4 is 17.6 Å². The molecule has 6 heteroatoms. The molecule has 0 spiro atoms. The minimum atomic E-state index is -0.516. The number of esters is 1. The molecule has 1 aromatic carbocycles. The highest BCUT2D eigenvalue weighted by molar-refractivity contribution is 5.78. The maximum Gasteiger partial charge on any atom is 0.328 e.